The number of aryl methyl sites for hydroxylation is 1. The lowest BCUT2D eigenvalue weighted by atomic mass is 10.3. The van der Waals surface area contributed by atoms with E-state index in [4.69, 9.17) is 14.7 Å². The van der Waals surface area contributed by atoms with Crippen LogP contribution >= 0.6 is 11.8 Å². The second-order valence-corrected chi connectivity index (χ2v) is 4.24. The van der Waals surface area contributed by atoms with Crippen molar-refractivity contribution in [1.29, 1.82) is 0 Å². The highest BCUT2D eigenvalue weighted by Gasteiger charge is 2.09. The minimum absolute atomic E-state index is 0.245. The van der Waals surface area contributed by atoms with Gasteiger partial charge in [0.25, 0.3) is 5.22 Å². The lowest BCUT2D eigenvalue weighted by Gasteiger charge is -1.89. The highest BCUT2D eigenvalue weighted by molar-refractivity contribution is 7.98. The molecule has 2 rings (SSSR count). The van der Waals surface area contributed by atoms with E-state index >= 15 is 0 Å². The fourth-order valence-electron chi connectivity index (χ4n) is 1.18. The molecule has 0 amide bonds. The number of thioether (sulfide) groups is 1. The predicted octanol–water partition coefficient (Wildman–Crippen LogP) is 1.16. The van der Waals surface area contributed by atoms with Crippen LogP contribution in [0.4, 0.5) is 0 Å². The van der Waals surface area contributed by atoms with Crippen molar-refractivity contribution in [2.75, 3.05) is 0 Å². The van der Waals surface area contributed by atoms with E-state index in [9.17, 15) is 0 Å². The fraction of sp³-hybridized carbons (Fsp3) is 0.556. The smallest absolute Gasteiger partial charge is 0.277 e. The molecule has 2 aromatic rings. The van der Waals surface area contributed by atoms with Crippen LogP contribution < -0.4 is 5.73 Å². The SMILES string of the molecule is CCCc1noc(CSc2nnc(CN)o2)n1. The summed E-state index contributed by atoms with van der Waals surface area (Å²) in [5, 5.41) is 11.9. The second-order valence-electron chi connectivity index (χ2n) is 3.31. The molecule has 7 nitrogen and oxygen atoms in total. The second kappa shape index (κ2) is 5.78. The molecule has 0 unspecified atom stereocenters. The molecule has 0 atom stereocenters. The predicted molar refractivity (Wildman–Crippen MR) is 60.0 cm³/mol. The first-order chi connectivity index (χ1) is 8.31. The number of hydrogen-bond donors (Lipinski definition) is 1. The number of aromatic nitrogens is 4. The van der Waals surface area contributed by atoms with E-state index in [2.05, 4.69) is 27.3 Å². The van der Waals surface area contributed by atoms with Gasteiger partial charge in [-0.1, -0.05) is 23.8 Å². The van der Waals surface area contributed by atoms with E-state index in [1.807, 2.05) is 0 Å². The van der Waals surface area contributed by atoms with E-state index in [1.165, 1.54) is 11.8 Å². The van der Waals surface area contributed by atoms with E-state index in [0.717, 1.165) is 18.7 Å². The highest BCUT2D eigenvalue weighted by atomic mass is 32.2. The molecule has 2 N–H and O–H groups in total. The Hall–Kier alpha value is -1.41. The third-order valence-electron chi connectivity index (χ3n) is 1.93. The van der Waals surface area contributed by atoms with Crippen molar-refractivity contribution in [3.8, 4) is 0 Å². The van der Waals surface area contributed by atoms with Crippen molar-refractivity contribution in [2.24, 2.45) is 5.73 Å². The van der Waals surface area contributed by atoms with E-state index in [1.54, 1.807) is 0 Å². The molecule has 0 spiro atoms. The van der Waals surface area contributed by atoms with Crippen molar-refractivity contribution >= 4 is 11.8 Å². The van der Waals surface area contributed by atoms with Crippen LogP contribution in [0.15, 0.2) is 14.2 Å². The van der Waals surface area contributed by atoms with Gasteiger partial charge in [-0.25, -0.2) is 0 Å². The van der Waals surface area contributed by atoms with Crippen molar-refractivity contribution < 1.29 is 8.94 Å². The van der Waals surface area contributed by atoms with Crippen LogP contribution in [0.25, 0.3) is 0 Å². The normalized spacial score (nSPS) is 10.9. The summed E-state index contributed by atoms with van der Waals surface area (Å²) in [5.41, 5.74) is 5.36. The molecule has 0 aliphatic carbocycles. The Morgan fingerprint density at radius 2 is 2.18 bits per heavy atom. The molecule has 2 aromatic heterocycles. The van der Waals surface area contributed by atoms with Crippen LogP contribution in [0.5, 0.6) is 0 Å². The van der Waals surface area contributed by atoms with Gasteiger partial charge in [-0.05, 0) is 6.42 Å². The average molecular weight is 255 g/mol. The first kappa shape index (κ1) is 12.1. The number of rotatable bonds is 6. The van der Waals surface area contributed by atoms with Gasteiger partial charge in [-0.2, -0.15) is 4.98 Å². The monoisotopic (exact) mass is 255 g/mol. The summed E-state index contributed by atoms with van der Waals surface area (Å²) in [6.07, 6.45) is 1.82. The summed E-state index contributed by atoms with van der Waals surface area (Å²) >= 11 is 1.35. The Morgan fingerprint density at radius 3 is 2.88 bits per heavy atom. The standard InChI is InChI=1S/C9H13N5O2S/c1-2-3-6-11-8(16-14-6)5-17-9-13-12-7(4-10)15-9/h2-5,10H2,1H3. The van der Waals surface area contributed by atoms with Crippen LogP contribution in [-0.2, 0) is 18.7 Å². The molecule has 92 valence electrons. The fourth-order valence-corrected chi connectivity index (χ4v) is 1.79. The molecule has 0 saturated heterocycles. The Kier molecular flexibility index (Phi) is 4.10. The van der Waals surface area contributed by atoms with E-state index < -0.39 is 0 Å². The third-order valence-corrected chi connectivity index (χ3v) is 2.73. The van der Waals surface area contributed by atoms with Crippen molar-refractivity contribution in [3.63, 3.8) is 0 Å². The van der Waals surface area contributed by atoms with Crippen molar-refractivity contribution in [3.05, 3.63) is 17.6 Å². The third kappa shape index (κ3) is 3.27. The zero-order chi connectivity index (χ0) is 12.1. The summed E-state index contributed by atoms with van der Waals surface area (Å²) in [5.74, 6) is 2.23. The first-order valence-electron chi connectivity index (χ1n) is 5.28. The van der Waals surface area contributed by atoms with Gasteiger partial charge in [-0.15, -0.1) is 10.2 Å². The quantitative estimate of drug-likeness (QED) is 0.767. The molecule has 0 bridgehead atoms. The molecule has 0 fully saturated rings. The summed E-state index contributed by atoms with van der Waals surface area (Å²) < 4.78 is 10.3. The van der Waals surface area contributed by atoms with Crippen LogP contribution in [0.1, 0.15) is 31.0 Å². The lowest BCUT2D eigenvalue weighted by Crippen LogP contribution is -1.95. The van der Waals surface area contributed by atoms with Gasteiger partial charge in [0.05, 0.1) is 12.3 Å². The number of hydrogen-bond acceptors (Lipinski definition) is 8. The zero-order valence-corrected chi connectivity index (χ0v) is 10.2. The molecule has 0 aromatic carbocycles. The Bertz CT molecular complexity index is 469. The number of nitrogens with two attached hydrogens (primary N) is 1. The minimum Gasteiger partial charge on any atom is -0.415 e. The molecule has 0 radical (unpaired) electrons. The average Bonchev–Trinajstić information content (AvgIpc) is 2.95. The van der Waals surface area contributed by atoms with Gasteiger partial charge in [0.1, 0.15) is 0 Å². The summed E-state index contributed by atoms with van der Waals surface area (Å²) in [6, 6.07) is 0. The highest BCUT2D eigenvalue weighted by Crippen LogP contribution is 2.20. The van der Waals surface area contributed by atoms with Crippen molar-refractivity contribution in [2.45, 2.75) is 37.3 Å². The largest absolute Gasteiger partial charge is 0.415 e. The molecule has 8 heteroatoms. The molecule has 17 heavy (non-hydrogen) atoms. The minimum atomic E-state index is 0.245. The molecular weight excluding hydrogens is 242 g/mol. The maximum Gasteiger partial charge on any atom is 0.277 e. The Balaban J connectivity index is 1.88. The molecular formula is C9H13N5O2S. The van der Waals surface area contributed by atoms with Gasteiger partial charge in [-0.3, -0.25) is 0 Å². The van der Waals surface area contributed by atoms with E-state index in [0.29, 0.717) is 22.8 Å². The topological polar surface area (TPSA) is 104 Å². The zero-order valence-electron chi connectivity index (χ0n) is 9.42. The van der Waals surface area contributed by atoms with Crippen LogP contribution in [0, 0.1) is 0 Å². The van der Waals surface area contributed by atoms with Crippen LogP contribution in [0.3, 0.4) is 0 Å². The van der Waals surface area contributed by atoms with Crippen molar-refractivity contribution in [1.82, 2.24) is 20.3 Å². The molecule has 0 aliphatic heterocycles. The Labute approximate surface area is 102 Å². The van der Waals surface area contributed by atoms with E-state index in [-0.39, 0.29) is 6.54 Å². The van der Waals surface area contributed by atoms with Crippen LogP contribution in [0.2, 0.25) is 0 Å². The summed E-state index contributed by atoms with van der Waals surface area (Å²) in [7, 11) is 0. The molecule has 0 aliphatic rings. The van der Waals surface area contributed by atoms with Gasteiger partial charge in [0.15, 0.2) is 5.82 Å². The maximum atomic E-state index is 5.36. The first-order valence-corrected chi connectivity index (χ1v) is 6.27. The van der Waals surface area contributed by atoms with Gasteiger partial charge >= 0.3 is 0 Å². The molecule has 0 saturated carbocycles. The van der Waals surface area contributed by atoms with Gasteiger partial charge in [0.2, 0.25) is 11.8 Å². The molecule has 2 heterocycles. The van der Waals surface area contributed by atoms with Crippen LogP contribution in [-0.4, -0.2) is 20.3 Å². The summed E-state index contributed by atoms with van der Waals surface area (Å²) in [6.45, 7) is 2.31. The van der Waals surface area contributed by atoms with Gasteiger partial charge < -0.3 is 14.7 Å². The summed E-state index contributed by atoms with van der Waals surface area (Å²) in [4.78, 5) is 4.23. The van der Waals surface area contributed by atoms with Gasteiger partial charge in [0, 0.05) is 6.42 Å². The Morgan fingerprint density at radius 1 is 1.29 bits per heavy atom. The maximum absolute atomic E-state index is 5.36. The lowest BCUT2D eigenvalue weighted by molar-refractivity contribution is 0.383. The number of nitrogens with zero attached hydrogens (tertiary/aromatic N) is 4.